The SMILES string of the molecule is CCOCCN1CCC[C@H]1CO. The fourth-order valence-electron chi connectivity index (χ4n) is 1.72. The third kappa shape index (κ3) is 2.73. The first kappa shape index (κ1) is 9.96. The van der Waals surface area contributed by atoms with Crippen molar-refractivity contribution < 1.29 is 9.84 Å². The average Bonchev–Trinajstić information content (AvgIpc) is 2.52. The van der Waals surface area contributed by atoms with Crippen LogP contribution in [-0.4, -0.2) is 49.0 Å². The van der Waals surface area contributed by atoms with Crippen LogP contribution in [0, 0.1) is 0 Å². The fraction of sp³-hybridized carbons (Fsp3) is 1.00. The lowest BCUT2D eigenvalue weighted by Crippen LogP contribution is -2.34. The second kappa shape index (κ2) is 5.51. The number of aliphatic hydroxyl groups excluding tert-OH is 1. The Kier molecular flexibility index (Phi) is 4.58. The van der Waals surface area contributed by atoms with Gasteiger partial charge >= 0.3 is 0 Å². The standard InChI is InChI=1S/C9H19NO2/c1-2-12-7-6-10-5-3-4-9(10)8-11/h9,11H,2-8H2,1H3/t9-/m0/s1. The highest BCUT2D eigenvalue weighted by Crippen LogP contribution is 2.15. The van der Waals surface area contributed by atoms with Crippen LogP contribution in [0.25, 0.3) is 0 Å². The topological polar surface area (TPSA) is 32.7 Å². The first-order chi connectivity index (χ1) is 5.88. The summed E-state index contributed by atoms with van der Waals surface area (Å²) in [6.07, 6.45) is 2.36. The van der Waals surface area contributed by atoms with E-state index < -0.39 is 0 Å². The molecule has 0 saturated carbocycles. The summed E-state index contributed by atoms with van der Waals surface area (Å²) < 4.78 is 5.26. The number of aliphatic hydroxyl groups is 1. The summed E-state index contributed by atoms with van der Waals surface area (Å²) in [7, 11) is 0. The fourth-order valence-corrected chi connectivity index (χ4v) is 1.72. The van der Waals surface area contributed by atoms with Crippen LogP contribution >= 0.6 is 0 Å². The summed E-state index contributed by atoms with van der Waals surface area (Å²) >= 11 is 0. The highest BCUT2D eigenvalue weighted by atomic mass is 16.5. The van der Waals surface area contributed by atoms with E-state index in [2.05, 4.69) is 4.90 Å². The quantitative estimate of drug-likeness (QED) is 0.614. The number of ether oxygens (including phenoxy) is 1. The molecule has 1 N–H and O–H groups in total. The van der Waals surface area contributed by atoms with Crippen molar-refractivity contribution in [2.24, 2.45) is 0 Å². The molecule has 0 aliphatic carbocycles. The molecule has 0 aromatic carbocycles. The maximum absolute atomic E-state index is 9.01. The Morgan fingerprint density at radius 3 is 3.08 bits per heavy atom. The van der Waals surface area contributed by atoms with Gasteiger partial charge in [0.1, 0.15) is 0 Å². The van der Waals surface area contributed by atoms with E-state index >= 15 is 0 Å². The van der Waals surface area contributed by atoms with Crippen molar-refractivity contribution in [1.82, 2.24) is 4.90 Å². The van der Waals surface area contributed by atoms with E-state index in [1.165, 1.54) is 6.42 Å². The second-order valence-electron chi connectivity index (χ2n) is 3.21. The van der Waals surface area contributed by atoms with E-state index in [0.29, 0.717) is 12.6 Å². The van der Waals surface area contributed by atoms with Crippen LogP contribution in [0.5, 0.6) is 0 Å². The van der Waals surface area contributed by atoms with Gasteiger partial charge in [-0.05, 0) is 26.3 Å². The van der Waals surface area contributed by atoms with Crippen LogP contribution in [-0.2, 0) is 4.74 Å². The van der Waals surface area contributed by atoms with E-state index in [0.717, 1.165) is 32.7 Å². The van der Waals surface area contributed by atoms with Gasteiger partial charge in [0.2, 0.25) is 0 Å². The lowest BCUT2D eigenvalue weighted by Gasteiger charge is -2.21. The Balaban J connectivity index is 2.12. The summed E-state index contributed by atoms with van der Waals surface area (Å²) in [4.78, 5) is 2.32. The normalized spacial score (nSPS) is 25.0. The molecule has 1 saturated heterocycles. The number of hydrogen-bond donors (Lipinski definition) is 1. The van der Waals surface area contributed by atoms with Gasteiger partial charge in [0.05, 0.1) is 13.2 Å². The van der Waals surface area contributed by atoms with Crippen molar-refractivity contribution in [2.75, 3.05) is 32.9 Å². The van der Waals surface area contributed by atoms with Crippen LogP contribution in [0.1, 0.15) is 19.8 Å². The molecule has 72 valence electrons. The van der Waals surface area contributed by atoms with Crippen LogP contribution in [0.2, 0.25) is 0 Å². The molecule has 0 aromatic rings. The third-order valence-electron chi connectivity index (χ3n) is 2.44. The molecule has 0 unspecified atom stereocenters. The van der Waals surface area contributed by atoms with Crippen LogP contribution < -0.4 is 0 Å². The Hall–Kier alpha value is -0.120. The van der Waals surface area contributed by atoms with Gasteiger partial charge in [0, 0.05) is 19.2 Å². The highest BCUT2D eigenvalue weighted by Gasteiger charge is 2.22. The first-order valence-electron chi connectivity index (χ1n) is 4.81. The Morgan fingerprint density at radius 2 is 2.42 bits per heavy atom. The minimum absolute atomic E-state index is 0.298. The molecule has 3 heteroatoms. The van der Waals surface area contributed by atoms with E-state index in [4.69, 9.17) is 9.84 Å². The molecule has 0 spiro atoms. The molecule has 1 aliphatic heterocycles. The van der Waals surface area contributed by atoms with Crippen LogP contribution in [0.3, 0.4) is 0 Å². The van der Waals surface area contributed by atoms with E-state index in [1.807, 2.05) is 6.92 Å². The predicted molar refractivity (Wildman–Crippen MR) is 48.2 cm³/mol. The average molecular weight is 173 g/mol. The van der Waals surface area contributed by atoms with E-state index in [9.17, 15) is 0 Å². The summed E-state index contributed by atoms with van der Waals surface area (Å²) in [6.45, 7) is 5.99. The van der Waals surface area contributed by atoms with Crippen molar-refractivity contribution in [3.8, 4) is 0 Å². The van der Waals surface area contributed by atoms with Crippen LogP contribution in [0.4, 0.5) is 0 Å². The zero-order valence-electron chi connectivity index (χ0n) is 7.83. The van der Waals surface area contributed by atoms with Gasteiger partial charge in [-0.15, -0.1) is 0 Å². The molecule has 1 atom stereocenters. The van der Waals surface area contributed by atoms with Crippen molar-refractivity contribution >= 4 is 0 Å². The lowest BCUT2D eigenvalue weighted by atomic mass is 10.2. The zero-order chi connectivity index (χ0) is 8.81. The number of hydrogen-bond acceptors (Lipinski definition) is 3. The molecule has 0 radical (unpaired) electrons. The summed E-state index contributed by atoms with van der Waals surface area (Å²) in [6, 6.07) is 0.394. The lowest BCUT2D eigenvalue weighted by molar-refractivity contribution is 0.0919. The largest absolute Gasteiger partial charge is 0.395 e. The highest BCUT2D eigenvalue weighted by molar-refractivity contribution is 4.77. The Morgan fingerprint density at radius 1 is 1.58 bits per heavy atom. The molecular weight excluding hydrogens is 154 g/mol. The molecule has 1 fully saturated rings. The molecule has 0 bridgehead atoms. The first-order valence-corrected chi connectivity index (χ1v) is 4.81. The van der Waals surface area contributed by atoms with Crippen molar-refractivity contribution in [2.45, 2.75) is 25.8 Å². The Labute approximate surface area is 74.3 Å². The van der Waals surface area contributed by atoms with Gasteiger partial charge in [-0.25, -0.2) is 0 Å². The van der Waals surface area contributed by atoms with Crippen molar-refractivity contribution in [1.29, 1.82) is 0 Å². The summed E-state index contributed by atoms with van der Waals surface area (Å²) in [5.41, 5.74) is 0. The van der Waals surface area contributed by atoms with Gasteiger partial charge in [-0.2, -0.15) is 0 Å². The molecular formula is C9H19NO2. The van der Waals surface area contributed by atoms with Gasteiger partial charge in [0.25, 0.3) is 0 Å². The number of likely N-dealkylation sites (tertiary alicyclic amines) is 1. The molecule has 12 heavy (non-hydrogen) atoms. The van der Waals surface area contributed by atoms with Crippen LogP contribution in [0.15, 0.2) is 0 Å². The molecule has 1 heterocycles. The minimum Gasteiger partial charge on any atom is -0.395 e. The third-order valence-corrected chi connectivity index (χ3v) is 2.44. The smallest absolute Gasteiger partial charge is 0.0593 e. The molecule has 1 aliphatic rings. The summed E-state index contributed by atoms with van der Waals surface area (Å²) in [5, 5.41) is 9.01. The van der Waals surface area contributed by atoms with Gasteiger partial charge in [-0.1, -0.05) is 0 Å². The second-order valence-corrected chi connectivity index (χ2v) is 3.21. The number of nitrogens with zero attached hydrogens (tertiary/aromatic N) is 1. The minimum atomic E-state index is 0.298. The van der Waals surface area contributed by atoms with Gasteiger partial charge in [0.15, 0.2) is 0 Å². The number of rotatable bonds is 5. The van der Waals surface area contributed by atoms with Gasteiger partial charge in [-0.3, -0.25) is 4.90 Å². The maximum atomic E-state index is 9.01. The maximum Gasteiger partial charge on any atom is 0.0593 e. The monoisotopic (exact) mass is 173 g/mol. The van der Waals surface area contributed by atoms with Gasteiger partial charge < -0.3 is 9.84 Å². The molecule has 0 aromatic heterocycles. The van der Waals surface area contributed by atoms with E-state index in [1.54, 1.807) is 0 Å². The van der Waals surface area contributed by atoms with Crippen molar-refractivity contribution in [3.63, 3.8) is 0 Å². The predicted octanol–water partition coefficient (Wildman–Crippen LogP) is 0.480. The molecule has 1 rings (SSSR count). The van der Waals surface area contributed by atoms with E-state index in [-0.39, 0.29) is 0 Å². The molecule has 0 amide bonds. The Bertz CT molecular complexity index is 119. The summed E-state index contributed by atoms with van der Waals surface area (Å²) in [5.74, 6) is 0. The molecule has 3 nitrogen and oxygen atoms in total. The van der Waals surface area contributed by atoms with Crippen molar-refractivity contribution in [3.05, 3.63) is 0 Å². The zero-order valence-corrected chi connectivity index (χ0v) is 7.83.